The molecule has 1 heterocycles. The first-order chi connectivity index (χ1) is 23.1. The Labute approximate surface area is 286 Å². The van der Waals surface area contributed by atoms with Crippen LogP contribution < -0.4 is 18.9 Å². The lowest BCUT2D eigenvalue weighted by atomic mass is 9.81. The molecule has 1 aliphatic heterocycles. The largest absolute Gasteiger partial charge is 0.496 e. The lowest BCUT2D eigenvalue weighted by Gasteiger charge is -2.42. The summed E-state index contributed by atoms with van der Waals surface area (Å²) in [5.74, 6) is 3.34. The van der Waals surface area contributed by atoms with E-state index in [1.807, 2.05) is 18.2 Å². The van der Waals surface area contributed by atoms with E-state index >= 15 is 0 Å². The van der Waals surface area contributed by atoms with Gasteiger partial charge >= 0.3 is 0 Å². The second kappa shape index (κ2) is 14.3. The Morgan fingerprint density at radius 3 is 2.02 bits per heavy atom. The molecule has 0 aliphatic carbocycles. The molecule has 5 heteroatoms. The van der Waals surface area contributed by atoms with Gasteiger partial charge in [-0.25, -0.2) is 0 Å². The molecule has 0 bridgehead atoms. The lowest BCUT2D eigenvalue weighted by Crippen LogP contribution is -2.41. The van der Waals surface area contributed by atoms with Gasteiger partial charge in [0.05, 0.1) is 24.7 Å². The van der Waals surface area contributed by atoms with E-state index in [0.717, 1.165) is 69.0 Å². The Kier molecular flexibility index (Phi) is 9.98. The Morgan fingerprint density at radius 1 is 0.729 bits per heavy atom. The minimum Gasteiger partial charge on any atom is -0.496 e. The highest BCUT2D eigenvalue weighted by molar-refractivity contribution is 6.05. The molecule has 5 aromatic carbocycles. The number of benzene rings is 5. The van der Waals surface area contributed by atoms with Gasteiger partial charge in [-0.05, 0) is 106 Å². The van der Waals surface area contributed by atoms with Crippen LogP contribution in [-0.4, -0.2) is 30.3 Å². The zero-order valence-corrected chi connectivity index (χ0v) is 29.7. The van der Waals surface area contributed by atoms with Crippen LogP contribution in [0.2, 0.25) is 0 Å². The van der Waals surface area contributed by atoms with Crippen LogP contribution in [0.15, 0.2) is 91.0 Å². The fourth-order valence-corrected chi connectivity index (χ4v) is 7.20. The van der Waals surface area contributed by atoms with Gasteiger partial charge in [0.15, 0.2) is 0 Å². The number of hydrogen-bond donors (Lipinski definition) is 0. The first kappa shape index (κ1) is 33.4. The van der Waals surface area contributed by atoms with Gasteiger partial charge in [-0.1, -0.05) is 66.7 Å². The van der Waals surface area contributed by atoms with Gasteiger partial charge in [-0.3, -0.25) is 4.90 Å². The minimum atomic E-state index is -0.0160. The molecule has 250 valence electrons. The van der Waals surface area contributed by atoms with Crippen molar-refractivity contribution < 1.29 is 18.9 Å². The van der Waals surface area contributed by atoms with Gasteiger partial charge in [0.25, 0.3) is 0 Å². The number of fused-ring (bicyclic) bond motifs is 2. The Morgan fingerprint density at radius 2 is 1.38 bits per heavy atom. The van der Waals surface area contributed by atoms with Gasteiger partial charge in [0.1, 0.15) is 29.6 Å². The molecule has 0 fully saturated rings. The molecular formula is C43H49NO4. The first-order valence-corrected chi connectivity index (χ1v) is 17.3. The van der Waals surface area contributed by atoms with Crippen molar-refractivity contribution in [2.24, 2.45) is 0 Å². The van der Waals surface area contributed by atoms with Crippen LogP contribution in [0, 0.1) is 6.92 Å². The summed E-state index contributed by atoms with van der Waals surface area (Å²) in [6.45, 7) is 16.5. The van der Waals surface area contributed by atoms with E-state index in [0.29, 0.717) is 12.6 Å². The van der Waals surface area contributed by atoms with Crippen LogP contribution in [0.25, 0.3) is 21.9 Å². The summed E-state index contributed by atoms with van der Waals surface area (Å²) in [7, 11) is 1.74. The molecule has 0 spiro atoms. The van der Waals surface area contributed by atoms with Crippen LogP contribution in [0.3, 0.4) is 0 Å². The predicted octanol–water partition coefficient (Wildman–Crippen LogP) is 10.5. The fraction of sp³-hybridized carbons (Fsp3) is 0.349. The molecule has 1 aliphatic rings. The zero-order chi connectivity index (χ0) is 33.9. The van der Waals surface area contributed by atoms with Gasteiger partial charge in [0, 0.05) is 35.8 Å². The van der Waals surface area contributed by atoms with Crippen molar-refractivity contribution in [3.8, 4) is 34.1 Å². The SMILES string of the molecule is COc1cc(C)cc2c(-c3c(OC(C)C)cc(OC(C)C)c4c3C[C@@H](C)N(Cc3ccccc3)[C@H]4C)ccc(OCc3ccccc3)c12. The van der Waals surface area contributed by atoms with Crippen LogP contribution in [0.4, 0.5) is 0 Å². The monoisotopic (exact) mass is 643 g/mol. The third kappa shape index (κ3) is 6.88. The quantitative estimate of drug-likeness (QED) is 0.143. The molecule has 0 radical (unpaired) electrons. The minimum absolute atomic E-state index is 0.0160. The number of hydrogen-bond acceptors (Lipinski definition) is 5. The number of rotatable bonds is 11. The molecule has 2 atom stereocenters. The van der Waals surface area contributed by atoms with E-state index < -0.39 is 0 Å². The smallest absolute Gasteiger partial charge is 0.131 e. The van der Waals surface area contributed by atoms with Crippen molar-refractivity contribution in [1.29, 1.82) is 0 Å². The average molecular weight is 644 g/mol. The summed E-state index contributed by atoms with van der Waals surface area (Å²) in [5.41, 5.74) is 8.31. The van der Waals surface area contributed by atoms with E-state index in [2.05, 4.69) is 126 Å². The molecule has 0 saturated heterocycles. The van der Waals surface area contributed by atoms with Crippen molar-refractivity contribution in [3.05, 3.63) is 119 Å². The maximum atomic E-state index is 6.70. The predicted molar refractivity (Wildman–Crippen MR) is 197 cm³/mol. The van der Waals surface area contributed by atoms with Crippen molar-refractivity contribution in [2.45, 2.75) is 92.3 Å². The highest BCUT2D eigenvalue weighted by Gasteiger charge is 2.36. The molecule has 0 saturated carbocycles. The van der Waals surface area contributed by atoms with Crippen LogP contribution >= 0.6 is 0 Å². The summed E-state index contributed by atoms with van der Waals surface area (Å²) < 4.78 is 25.9. The Balaban J connectivity index is 1.58. The molecule has 6 rings (SSSR count). The first-order valence-electron chi connectivity index (χ1n) is 17.3. The summed E-state index contributed by atoms with van der Waals surface area (Å²) in [6, 6.07) is 32.3. The van der Waals surface area contributed by atoms with E-state index in [4.69, 9.17) is 18.9 Å². The van der Waals surface area contributed by atoms with Crippen LogP contribution in [0.5, 0.6) is 23.0 Å². The number of ether oxygens (including phenoxy) is 4. The van der Waals surface area contributed by atoms with Crippen molar-refractivity contribution in [3.63, 3.8) is 0 Å². The third-order valence-corrected chi connectivity index (χ3v) is 9.23. The Bertz CT molecular complexity index is 1870. The topological polar surface area (TPSA) is 40.2 Å². The van der Waals surface area contributed by atoms with E-state index in [1.54, 1.807) is 7.11 Å². The van der Waals surface area contributed by atoms with E-state index in [1.165, 1.54) is 16.7 Å². The van der Waals surface area contributed by atoms with Gasteiger partial charge in [0.2, 0.25) is 0 Å². The summed E-state index contributed by atoms with van der Waals surface area (Å²) >= 11 is 0. The maximum absolute atomic E-state index is 6.70. The lowest BCUT2D eigenvalue weighted by molar-refractivity contribution is 0.123. The van der Waals surface area contributed by atoms with E-state index in [9.17, 15) is 0 Å². The summed E-state index contributed by atoms with van der Waals surface area (Å²) in [5, 5.41) is 2.05. The third-order valence-electron chi connectivity index (χ3n) is 9.23. The maximum Gasteiger partial charge on any atom is 0.131 e. The van der Waals surface area contributed by atoms with Crippen molar-refractivity contribution in [2.75, 3.05) is 7.11 Å². The van der Waals surface area contributed by atoms with Gasteiger partial charge in [-0.15, -0.1) is 0 Å². The molecule has 0 N–H and O–H groups in total. The average Bonchev–Trinajstić information content (AvgIpc) is 3.05. The van der Waals surface area contributed by atoms with Gasteiger partial charge in [-0.2, -0.15) is 0 Å². The van der Waals surface area contributed by atoms with Crippen LogP contribution in [-0.2, 0) is 19.6 Å². The molecule has 0 amide bonds. The molecule has 0 aromatic heterocycles. The second-order valence-corrected chi connectivity index (χ2v) is 13.6. The molecule has 48 heavy (non-hydrogen) atoms. The summed E-state index contributed by atoms with van der Waals surface area (Å²) in [4.78, 5) is 2.60. The molecule has 5 nitrogen and oxygen atoms in total. The molecule has 5 aromatic rings. The molecule has 0 unspecified atom stereocenters. The van der Waals surface area contributed by atoms with Crippen LogP contribution in [0.1, 0.15) is 75.4 Å². The zero-order valence-electron chi connectivity index (χ0n) is 29.7. The fourth-order valence-electron chi connectivity index (χ4n) is 7.20. The number of methoxy groups -OCH3 is 1. The van der Waals surface area contributed by atoms with Crippen molar-refractivity contribution >= 4 is 10.8 Å². The number of aryl methyl sites for hydroxylation is 1. The normalized spacial score (nSPS) is 16.3. The summed E-state index contributed by atoms with van der Waals surface area (Å²) in [6.07, 6.45) is 0.870. The highest BCUT2D eigenvalue weighted by atomic mass is 16.5. The second-order valence-electron chi connectivity index (χ2n) is 13.6. The Hall–Kier alpha value is -4.48. The number of nitrogens with zero attached hydrogens (tertiary/aromatic N) is 1. The van der Waals surface area contributed by atoms with Crippen molar-refractivity contribution in [1.82, 2.24) is 4.90 Å². The highest BCUT2D eigenvalue weighted by Crippen LogP contribution is 2.51. The van der Waals surface area contributed by atoms with E-state index in [-0.39, 0.29) is 18.2 Å². The standard InChI is InChI=1S/C43H49NO4/c1-27(2)47-39-24-40(48-28(3)4)42(36-23-30(6)44(31(7)41(36)39)25-32-15-11-9-12-16-32)34-19-20-37(46-26-33-17-13-10-14-18-33)43-35(34)21-29(5)22-38(43)45-8/h9-22,24,27-28,30-31H,23,25-26H2,1-8H3/t30-,31+/m1/s1. The molecular weight excluding hydrogens is 594 g/mol. The van der Waals surface area contributed by atoms with Gasteiger partial charge < -0.3 is 18.9 Å².